The van der Waals surface area contributed by atoms with Crippen molar-refractivity contribution in [3.8, 4) is 0 Å². The Hall–Kier alpha value is -2.45. The highest BCUT2D eigenvalue weighted by Crippen LogP contribution is 2.50. The topological polar surface area (TPSA) is 92.8 Å². The molecule has 13 heteroatoms. The van der Waals surface area contributed by atoms with Gasteiger partial charge in [-0.15, -0.1) is 0 Å². The molecule has 4 fully saturated rings. The Morgan fingerprint density at radius 3 is 2.67 bits per heavy atom. The molecule has 1 spiro atoms. The second kappa shape index (κ2) is 13.7. The molecule has 4 heterocycles. The van der Waals surface area contributed by atoms with E-state index in [0.29, 0.717) is 58.0 Å². The molecule has 1 aromatic rings. The van der Waals surface area contributed by atoms with Crippen LogP contribution in [0.25, 0.3) is 0 Å². The number of hydrogen-bond donors (Lipinski definition) is 1. The number of nitrogens with zero attached hydrogens (tertiary/aromatic N) is 3. The van der Waals surface area contributed by atoms with Crippen LogP contribution >= 0.6 is 0 Å². The molecule has 0 bridgehead atoms. The lowest BCUT2D eigenvalue weighted by molar-refractivity contribution is -0.139. The van der Waals surface area contributed by atoms with Crippen LogP contribution in [0.3, 0.4) is 0 Å². The van der Waals surface area contributed by atoms with Gasteiger partial charge < -0.3 is 34.1 Å². The number of amides is 2. The quantitative estimate of drug-likeness (QED) is 0.488. The average molecular weight is 639 g/mol. The fraction of sp³-hybridized carbons (Fsp3) is 0.750. The molecule has 0 aromatic heterocycles. The third-order valence-corrected chi connectivity index (χ3v) is 10.5. The zero-order valence-corrected chi connectivity index (χ0v) is 26.0. The van der Waals surface area contributed by atoms with Crippen LogP contribution in [0.15, 0.2) is 18.2 Å². The number of methoxy groups -OCH3 is 1. The first kappa shape index (κ1) is 32.5. The monoisotopic (exact) mass is 638 g/mol. The van der Waals surface area contributed by atoms with Crippen LogP contribution in [0.5, 0.6) is 0 Å². The minimum Gasteiger partial charge on any atom is -0.448 e. The highest BCUT2D eigenvalue weighted by atomic mass is 19.4. The molecule has 3 saturated heterocycles. The van der Waals surface area contributed by atoms with Crippen LogP contribution in [0.2, 0.25) is 0 Å². The highest BCUT2D eigenvalue weighted by molar-refractivity contribution is 5.82. The van der Waals surface area contributed by atoms with Gasteiger partial charge in [0, 0.05) is 77.0 Å². The van der Waals surface area contributed by atoms with Crippen LogP contribution in [-0.4, -0.2) is 124 Å². The molecule has 2 amide bonds. The Bertz CT molecular complexity index is 1210. The molecule has 3 unspecified atom stereocenters. The summed E-state index contributed by atoms with van der Waals surface area (Å²) in [5, 5.41) is 3.77. The summed E-state index contributed by atoms with van der Waals surface area (Å²) in [5.74, 6) is -0.556. The molecule has 1 aromatic carbocycles. The largest absolute Gasteiger partial charge is 0.448 e. The lowest BCUT2D eigenvalue weighted by Gasteiger charge is -2.37. The number of alkyl halides is 3. The Morgan fingerprint density at radius 2 is 1.89 bits per heavy atom. The van der Waals surface area contributed by atoms with Gasteiger partial charge in [-0.3, -0.25) is 9.69 Å². The molecule has 1 aliphatic carbocycles. The molecule has 5 aliphatic rings. The highest BCUT2D eigenvalue weighted by Gasteiger charge is 2.56. The summed E-state index contributed by atoms with van der Waals surface area (Å²) < 4.78 is 62.7. The second-order valence-electron chi connectivity index (χ2n) is 13.2. The van der Waals surface area contributed by atoms with Gasteiger partial charge in [-0.2, -0.15) is 13.2 Å². The van der Waals surface area contributed by atoms with Crippen molar-refractivity contribution in [3.05, 3.63) is 34.9 Å². The molecule has 45 heavy (non-hydrogen) atoms. The first-order valence-electron chi connectivity index (χ1n) is 16.2. The van der Waals surface area contributed by atoms with E-state index < -0.39 is 29.2 Å². The number of fused-ring (bicyclic) bond motifs is 1. The molecule has 1 saturated carbocycles. The summed E-state index contributed by atoms with van der Waals surface area (Å²) in [5.41, 5.74) is 0.228. The predicted molar refractivity (Wildman–Crippen MR) is 157 cm³/mol. The molecule has 5 atom stereocenters. The number of morpholine rings is 1. The van der Waals surface area contributed by atoms with Gasteiger partial charge in [0.1, 0.15) is 6.61 Å². The zero-order chi connectivity index (χ0) is 31.6. The smallest absolute Gasteiger partial charge is 0.416 e. The van der Waals surface area contributed by atoms with Crippen LogP contribution in [0, 0.1) is 11.3 Å². The molecule has 250 valence electrons. The number of ether oxygens (including phenoxy) is 4. The van der Waals surface area contributed by atoms with E-state index in [4.69, 9.17) is 18.9 Å². The zero-order valence-electron chi connectivity index (χ0n) is 26.0. The molecular weight excluding hydrogens is 593 g/mol. The fourth-order valence-electron chi connectivity index (χ4n) is 7.96. The number of rotatable bonds is 7. The average Bonchev–Trinajstić information content (AvgIpc) is 3.63. The van der Waals surface area contributed by atoms with E-state index in [-0.39, 0.29) is 43.8 Å². The standard InChI is InChI=1S/C32H45F3N4O6/c1-42-28-20-44-12-6-27(28)36-25-4-7-31(17-25)21-39(30(41)45-15-11-37-9-13-43-14-10-37)19-26(31)29(40)38-8-5-22-2-3-24(32(33,34)35)16-23(22)18-38/h2-3,16,25-28,36H,4-15,17-21H2,1H3/t25-,26?,27?,28?,31+/m0/s1. The van der Waals surface area contributed by atoms with Crippen LogP contribution in [0.1, 0.15) is 42.4 Å². The van der Waals surface area contributed by atoms with Crippen molar-refractivity contribution in [2.24, 2.45) is 11.3 Å². The first-order valence-corrected chi connectivity index (χ1v) is 16.2. The van der Waals surface area contributed by atoms with Crippen molar-refractivity contribution in [3.63, 3.8) is 0 Å². The van der Waals surface area contributed by atoms with Crippen molar-refractivity contribution >= 4 is 12.0 Å². The minimum absolute atomic E-state index is 0.0516. The van der Waals surface area contributed by atoms with E-state index in [1.807, 2.05) is 0 Å². The Kier molecular flexibility index (Phi) is 9.91. The summed E-state index contributed by atoms with van der Waals surface area (Å²) in [6.45, 7) is 6.24. The third kappa shape index (κ3) is 7.27. The summed E-state index contributed by atoms with van der Waals surface area (Å²) in [6, 6.07) is 4.11. The Morgan fingerprint density at radius 1 is 1.07 bits per heavy atom. The van der Waals surface area contributed by atoms with Crippen molar-refractivity contribution in [1.82, 2.24) is 20.0 Å². The van der Waals surface area contributed by atoms with Gasteiger partial charge in [-0.05, 0) is 55.4 Å². The van der Waals surface area contributed by atoms with E-state index >= 15 is 0 Å². The normalized spacial score (nSPS) is 30.9. The second-order valence-corrected chi connectivity index (χ2v) is 13.2. The van der Waals surface area contributed by atoms with Crippen LogP contribution in [0.4, 0.5) is 18.0 Å². The maximum Gasteiger partial charge on any atom is 0.416 e. The molecule has 1 N–H and O–H groups in total. The van der Waals surface area contributed by atoms with Gasteiger partial charge in [0.2, 0.25) is 5.91 Å². The predicted octanol–water partition coefficient (Wildman–Crippen LogP) is 2.92. The third-order valence-electron chi connectivity index (χ3n) is 10.5. The van der Waals surface area contributed by atoms with E-state index in [1.165, 1.54) is 12.1 Å². The van der Waals surface area contributed by atoms with Gasteiger partial charge in [0.15, 0.2) is 0 Å². The summed E-state index contributed by atoms with van der Waals surface area (Å²) in [6.07, 6.45) is -1.24. The summed E-state index contributed by atoms with van der Waals surface area (Å²) >= 11 is 0. The minimum atomic E-state index is -4.45. The molecule has 10 nitrogen and oxygen atoms in total. The van der Waals surface area contributed by atoms with E-state index in [2.05, 4.69) is 10.2 Å². The fourth-order valence-corrected chi connectivity index (χ4v) is 7.96. The lowest BCUT2D eigenvalue weighted by atomic mass is 9.75. The van der Waals surface area contributed by atoms with E-state index in [1.54, 1.807) is 16.9 Å². The number of carbonyl (C=O) groups excluding carboxylic acids is 2. The summed E-state index contributed by atoms with van der Waals surface area (Å²) in [4.78, 5) is 33.2. The van der Waals surface area contributed by atoms with Gasteiger partial charge in [-0.1, -0.05) is 6.07 Å². The lowest BCUT2D eigenvalue weighted by Crippen LogP contribution is -2.51. The molecule has 0 radical (unpaired) electrons. The van der Waals surface area contributed by atoms with Crippen molar-refractivity contribution in [1.29, 1.82) is 0 Å². The van der Waals surface area contributed by atoms with Crippen LogP contribution < -0.4 is 5.32 Å². The number of nitrogens with one attached hydrogen (secondary N) is 1. The van der Waals surface area contributed by atoms with E-state index in [9.17, 15) is 22.8 Å². The van der Waals surface area contributed by atoms with Crippen molar-refractivity contribution in [2.45, 2.75) is 63.0 Å². The SMILES string of the molecule is COC1COCCC1N[C@H]1CC[C@@]2(C1)CN(C(=O)OCCN1CCOCC1)CC2C(=O)N1CCc2ccc(C(F)(F)F)cc2C1. The Balaban J connectivity index is 1.16. The Labute approximate surface area is 262 Å². The van der Waals surface area contributed by atoms with Gasteiger partial charge in [0.25, 0.3) is 0 Å². The van der Waals surface area contributed by atoms with Gasteiger partial charge in [-0.25, -0.2) is 4.79 Å². The van der Waals surface area contributed by atoms with Crippen LogP contribution in [-0.2, 0) is 42.9 Å². The number of hydrogen-bond acceptors (Lipinski definition) is 8. The number of likely N-dealkylation sites (tertiary alicyclic amines) is 1. The van der Waals surface area contributed by atoms with Crippen molar-refractivity contribution in [2.75, 3.05) is 79.4 Å². The molecular formula is C32H45F3N4O6. The molecule has 4 aliphatic heterocycles. The first-order chi connectivity index (χ1) is 21.6. The summed E-state index contributed by atoms with van der Waals surface area (Å²) in [7, 11) is 1.69. The number of carbonyl (C=O) groups is 2. The van der Waals surface area contributed by atoms with E-state index in [0.717, 1.165) is 50.4 Å². The number of halogens is 3. The maximum atomic E-state index is 14.3. The van der Waals surface area contributed by atoms with Gasteiger partial charge >= 0.3 is 12.3 Å². The number of benzene rings is 1. The van der Waals surface area contributed by atoms with Crippen molar-refractivity contribution < 1.29 is 41.7 Å². The molecule has 6 rings (SSSR count). The van der Waals surface area contributed by atoms with Gasteiger partial charge in [0.05, 0.1) is 37.4 Å². The maximum absolute atomic E-state index is 14.3.